The smallest absolute Gasteiger partial charge is 0.252 e. The number of amides is 1. The Morgan fingerprint density at radius 2 is 2.22 bits per heavy atom. The summed E-state index contributed by atoms with van der Waals surface area (Å²) in [5.74, 6) is 0.675. The lowest BCUT2D eigenvalue weighted by atomic mass is 10.2. The van der Waals surface area contributed by atoms with Crippen molar-refractivity contribution in [1.29, 1.82) is 0 Å². The summed E-state index contributed by atoms with van der Waals surface area (Å²) < 4.78 is 0. The van der Waals surface area contributed by atoms with Gasteiger partial charge in [-0.1, -0.05) is 12.1 Å². The van der Waals surface area contributed by atoms with Gasteiger partial charge in [-0.2, -0.15) is 0 Å². The highest BCUT2D eigenvalue weighted by atomic mass is 32.2. The van der Waals surface area contributed by atoms with Gasteiger partial charge >= 0.3 is 0 Å². The maximum atomic E-state index is 12.2. The van der Waals surface area contributed by atoms with Gasteiger partial charge in [-0.05, 0) is 25.3 Å². The number of aromatic nitrogens is 2. The molecule has 1 atom stereocenters. The topological polar surface area (TPSA) is 57.8 Å². The van der Waals surface area contributed by atoms with E-state index in [0.29, 0.717) is 5.56 Å². The van der Waals surface area contributed by atoms with Crippen LogP contribution in [0, 0.1) is 0 Å². The van der Waals surface area contributed by atoms with Gasteiger partial charge in [0.2, 0.25) is 0 Å². The molecule has 2 N–H and O–H groups in total. The van der Waals surface area contributed by atoms with Crippen LogP contribution < -0.4 is 5.32 Å². The molecule has 0 aliphatic carbocycles. The first-order valence-electron chi connectivity index (χ1n) is 5.65. The van der Waals surface area contributed by atoms with E-state index in [9.17, 15) is 4.79 Å². The third-order valence-corrected chi connectivity index (χ3v) is 3.42. The van der Waals surface area contributed by atoms with E-state index in [-0.39, 0.29) is 11.9 Å². The number of aromatic amines is 1. The van der Waals surface area contributed by atoms with Crippen molar-refractivity contribution in [2.24, 2.45) is 0 Å². The molecule has 1 unspecified atom stereocenters. The molecule has 1 aromatic carbocycles. The zero-order chi connectivity index (χ0) is 13.0. The Morgan fingerprint density at radius 3 is 2.89 bits per heavy atom. The molecule has 0 radical (unpaired) electrons. The lowest BCUT2D eigenvalue weighted by Crippen LogP contribution is -2.27. The van der Waals surface area contributed by atoms with E-state index in [0.717, 1.165) is 10.7 Å². The fraction of sp³-hybridized carbons (Fsp3) is 0.231. The average molecular weight is 261 g/mol. The molecular formula is C13H15N3OS. The first-order valence-corrected chi connectivity index (χ1v) is 6.88. The van der Waals surface area contributed by atoms with Gasteiger partial charge in [0, 0.05) is 17.3 Å². The van der Waals surface area contributed by atoms with E-state index in [2.05, 4.69) is 15.3 Å². The van der Waals surface area contributed by atoms with Crippen molar-refractivity contribution in [3.63, 3.8) is 0 Å². The van der Waals surface area contributed by atoms with Gasteiger partial charge < -0.3 is 10.3 Å². The Morgan fingerprint density at radius 1 is 1.44 bits per heavy atom. The van der Waals surface area contributed by atoms with E-state index < -0.39 is 0 Å². The SMILES string of the molecule is CSc1ccccc1C(=O)NC(C)c1ncc[nH]1. The molecular weight excluding hydrogens is 246 g/mol. The normalized spacial score (nSPS) is 12.1. The van der Waals surface area contributed by atoms with Gasteiger partial charge in [0.1, 0.15) is 5.82 Å². The number of carbonyl (C=O) groups is 1. The van der Waals surface area contributed by atoms with E-state index in [4.69, 9.17) is 0 Å². The van der Waals surface area contributed by atoms with E-state index in [1.54, 1.807) is 24.2 Å². The summed E-state index contributed by atoms with van der Waals surface area (Å²) in [6.07, 6.45) is 5.38. The molecule has 0 bridgehead atoms. The predicted molar refractivity (Wildman–Crippen MR) is 72.7 cm³/mol. The molecule has 4 nitrogen and oxygen atoms in total. The van der Waals surface area contributed by atoms with E-state index in [1.165, 1.54) is 0 Å². The van der Waals surface area contributed by atoms with Crippen molar-refractivity contribution in [3.8, 4) is 0 Å². The van der Waals surface area contributed by atoms with Gasteiger partial charge in [-0.15, -0.1) is 11.8 Å². The van der Waals surface area contributed by atoms with Crippen molar-refractivity contribution < 1.29 is 4.79 Å². The van der Waals surface area contributed by atoms with Crippen LogP contribution in [0.5, 0.6) is 0 Å². The number of hydrogen-bond acceptors (Lipinski definition) is 3. The number of thioether (sulfide) groups is 1. The molecule has 2 rings (SSSR count). The Balaban J connectivity index is 2.12. The van der Waals surface area contributed by atoms with E-state index >= 15 is 0 Å². The molecule has 0 saturated heterocycles. The molecule has 18 heavy (non-hydrogen) atoms. The van der Waals surface area contributed by atoms with Crippen molar-refractivity contribution in [1.82, 2.24) is 15.3 Å². The van der Waals surface area contributed by atoms with Gasteiger partial charge in [0.25, 0.3) is 5.91 Å². The van der Waals surface area contributed by atoms with Gasteiger partial charge in [-0.25, -0.2) is 4.98 Å². The van der Waals surface area contributed by atoms with Crippen molar-refractivity contribution in [2.75, 3.05) is 6.26 Å². The summed E-state index contributed by atoms with van der Waals surface area (Å²) in [5, 5.41) is 2.93. The van der Waals surface area contributed by atoms with Crippen LogP contribution in [0.25, 0.3) is 0 Å². The van der Waals surface area contributed by atoms with Crippen molar-refractivity contribution >= 4 is 17.7 Å². The van der Waals surface area contributed by atoms with Crippen LogP contribution in [0.3, 0.4) is 0 Å². The minimum Gasteiger partial charge on any atom is -0.347 e. The number of hydrogen-bond donors (Lipinski definition) is 2. The Kier molecular flexibility index (Phi) is 4.04. The van der Waals surface area contributed by atoms with Crippen LogP contribution in [0.1, 0.15) is 29.1 Å². The van der Waals surface area contributed by atoms with Crippen LogP contribution in [-0.2, 0) is 0 Å². The maximum absolute atomic E-state index is 12.2. The average Bonchev–Trinajstić information content (AvgIpc) is 2.92. The summed E-state index contributed by atoms with van der Waals surface area (Å²) in [4.78, 5) is 20.3. The Labute approximate surface area is 110 Å². The van der Waals surface area contributed by atoms with Crippen LogP contribution >= 0.6 is 11.8 Å². The molecule has 0 saturated carbocycles. The number of imidazole rings is 1. The summed E-state index contributed by atoms with van der Waals surface area (Å²) in [6.45, 7) is 1.90. The lowest BCUT2D eigenvalue weighted by Gasteiger charge is -2.13. The van der Waals surface area contributed by atoms with Gasteiger partial charge in [-0.3, -0.25) is 4.79 Å². The molecule has 2 aromatic rings. The third-order valence-electron chi connectivity index (χ3n) is 2.63. The summed E-state index contributed by atoms with van der Waals surface area (Å²) in [7, 11) is 0. The standard InChI is InChI=1S/C13H15N3OS/c1-9(12-14-7-8-15-12)16-13(17)10-5-3-4-6-11(10)18-2/h3-9H,1-2H3,(H,14,15)(H,16,17). The zero-order valence-corrected chi connectivity index (χ0v) is 11.1. The highest BCUT2D eigenvalue weighted by molar-refractivity contribution is 7.98. The molecule has 0 aliphatic heterocycles. The van der Waals surface area contributed by atoms with Crippen LogP contribution in [0.15, 0.2) is 41.6 Å². The second kappa shape index (κ2) is 5.73. The summed E-state index contributed by atoms with van der Waals surface area (Å²) in [5.41, 5.74) is 0.698. The highest BCUT2D eigenvalue weighted by Gasteiger charge is 2.15. The molecule has 1 heterocycles. The Hall–Kier alpha value is -1.75. The number of nitrogens with zero attached hydrogens (tertiary/aromatic N) is 1. The number of benzene rings is 1. The molecule has 0 spiro atoms. The maximum Gasteiger partial charge on any atom is 0.252 e. The largest absolute Gasteiger partial charge is 0.347 e. The quantitative estimate of drug-likeness (QED) is 0.832. The Bertz CT molecular complexity index is 525. The van der Waals surface area contributed by atoms with Gasteiger partial charge in [0.05, 0.1) is 11.6 Å². The van der Waals surface area contributed by atoms with E-state index in [1.807, 2.05) is 37.4 Å². The van der Waals surface area contributed by atoms with Crippen LogP contribution in [-0.4, -0.2) is 22.1 Å². The number of carbonyl (C=O) groups excluding carboxylic acids is 1. The number of H-pyrrole nitrogens is 1. The molecule has 1 amide bonds. The van der Waals surface area contributed by atoms with Crippen LogP contribution in [0.2, 0.25) is 0 Å². The minimum absolute atomic E-state index is 0.0798. The fourth-order valence-electron chi connectivity index (χ4n) is 1.69. The number of nitrogens with one attached hydrogen (secondary N) is 2. The second-order valence-corrected chi connectivity index (χ2v) is 4.72. The van der Waals surface area contributed by atoms with Crippen molar-refractivity contribution in [2.45, 2.75) is 17.9 Å². The monoisotopic (exact) mass is 261 g/mol. The highest BCUT2D eigenvalue weighted by Crippen LogP contribution is 2.20. The first kappa shape index (κ1) is 12.7. The molecule has 1 aromatic heterocycles. The fourth-order valence-corrected chi connectivity index (χ4v) is 2.28. The predicted octanol–water partition coefficient (Wildman–Crippen LogP) is 2.62. The minimum atomic E-state index is -0.137. The molecule has 0 aliphatic rings. The first-order chi connectivity index (χ1) is 8.72. The second-order valence-electron chi connectivity index (χ2n) is 3.87. The van der Waals surface area contributed by atoms with Gasteiger partial charge in [0.15, 0.2) is 0 Å². The summed E-state index contributed by atoms with van der Waals surface area (Å²) in [6, 6.07) is 7.43. The summed E-state index contributed by atoms with van der Waals surface area (Å²) >= 11 is 1.56. The van der Waals surface area contributed by atoms with Crippen LogP contribution in [0.4, 0.5) is 0 Å². The number of rotatable bonds is 4. The lowest BCUT2D eigenvalue weighted by molar-refractivity contribution is 0.0935. The zero-order valence-electron chi connectivity index (χ0n) is 10.3. The molecule has 94 valence electrons. The van der Waals surface area contributed by atoms with Crippen molar-refractivity contribution in [3.05, 3.63) is 48.0 Å². The third kappa shape index (κ3) is 2.73. The molecule has 5 heteroatoms. The molecule has 0 fully saturated rings.